The highest BCUT2D eigenvalue weighted by atomic mass is 32.2. The van der Waals surface area contributed by atoms with Crippen LogP contribution in [0.2, 0.25) is 0 Å². The van der Waals surface area contributed by atoms with E-state index in [4.69, 9.17) is 4.74 Å². The van der Waals surface area contributed by atoms with Crippen LogP contribution in [-0.2, 0) is 0 Å². The Morgan fingerprint density at radius 2 is 1.70 bits per heavy atom. The van der Waals surface area contributed by atoms with Gasteiger partial charge in [0.15, 0.2) is 0 Å². The molecule has 2 aromatic carbocycles. The molecule has 2 aromatic rings. The van der Waals surface area contributed by atoms with Crippen LogP contribution in [0.4, 0.5) is 0 Å². The van der Waals surface area contributed by atoms with Crippen molar-refractivity contribution in [3.05, 3.63) is 54.1 Å². The first-order chi connectivity index (χ1) is 9.76. The van der Waals surface area contributed by atoms with E-state index < -0.39 is 0 Å². The molecule has 0 aliphatic rings. The van der Waals surface area contributed by atoms with Crippen molar-refractivity contribution < 1.29 is 4.74 Å². The molecule has 20 heavy (non-hydrogen) atoms. The molecule has 0 aromatic heterocycles. The fraction of sp³-hybridized carbons (Fsp3) is 0.294. The van der Waals surface area contributed by atoms with Crippen LogP contribution >= 0.6 is 11.8 Å². The minimum Gasteiger partial charge on any atom is -0.456 e. The minimum absolute atomic E-state index is 0.276. The van der Waals surface area contributed by atoms with Crippen LogP contribution in [0.5, 0.6) is 11.5 Å². The van der Waals surface area contributed by atoms with Gasteiger partial charge in [0.2, 0.25) is 0 Å². The second-order valence-corrected chi connectivity index (χ2v) is 5.42. The Morgan fingerprint density at radius 1 is 1.05 bits per heavy atom. The van der Waals surface area contributed by atoms with E-state index in [9.17, 15) is 0 Å². The normalized spacial score (nSPS) is 12.2. The quantitative estimate of drug-likeness (QED) is 0.766. The predicted octanol–water partition coefficient (Wildman–Crippen LogP) is 4.87. The van der Waals surface area contributed by atoms with Crippen molar-refractivity contribution in [2.45, 2.75) is 24.8 Å². The van der Waals surface area contributed by atoms with E-state index in [1.54, 1.807) is 11.8 Å². The van der Waals surface area contributed by atoms with Gasteiger partial charge in [-0.05, 0) is 37.9 Å². The standard InChI is InChI=1S/C17H21NOS/c1-4-18-13(2)14-9-5-6-10-15(14)19-16-11-7-8-12-17(16)20-3/h5-13,18H,4H2,1-3H3. The van der Waals surface area contributed by atoms with Gasteiger partial charge in [-0.3, -0.25) is 0 Å². The first-order valence-electron chi connectivity index (χ1n) is 6.89. The van der Waals surface area contributed by atoms with Crippen molar-refractivity contribution in [3.8, 4) is 11.5 Å². The molecule has 106 valence electrons. The smallest absolute Gasteiger partial charge is 0.140 e. The van der Waals surface area contributed by atoms with Gasteiger partial charge in [-0.1, -0.05) is 37.3 Å². The van der Waals surface area contributed by atoms with E-state index in [0.29, 0.717) is 0 Å². The molecule has 1 unspecified atom stereocenters. The molecule has 1 N–H and O–H groups in total. The van der Waals surface area contributed by atoms with E-state index >= 15 is 0 Å². The van der Waals surface area contributed by atoms with Gasteiger partial charge in [0.25, 0.3) is 0 Å². The molecule has 0 radical (unpaired) electrons. The second kappa shape index (κ2) is 7.36. The number of hydrogen-bond donors (Lipinski definition) is 1. The highest BCUT2D eigenvalue weighted by molar-refractivity contribution is 7.98. The zero-order valence-electron chi connectivity index (χ0n) is 12.2. The summed E-state index contributed by atoms with van der Waals surface area (Å²) < 4.78 is 6.14. The number of nitrogens with one attached hydrogen (secondary N) is 1. The molecular formula is C17H21NOS. The SMILES string of the molecule is CCNC(C)c1ccccc1Oc1ccccc1SC. The Hall–Kier alpha value is -1.45. The highest BCUT2D eigenvalue weighted by Crippen LogP contribution is 2.34. The Labute approximate surface area is 125 Å². The molecule has 0 amide bonds. The third-order valence-corrected chi connectivity index (χ3v) is 3.96. The molecular weight excluding hydrogens is 266 g/mol. The number of thioether (sulfide) groups is 1. The van der Waals surface area contributed by atoms with Crippen LogP contribution < -0.4 is 10.1 Å². The Balaban J connectivity index is 2.29. The van der Waals surface area contributed by atoms with Gasteiger partial charge in [-0.15, -0.1) is 11.8 Å². The van der Waals surface area contributed by atoms with Crippen molar-refractivity contribution >= 4 is 11.8 Å². The summed E-state index contributed by atoms with van der Waals surface area (Å²) in [6.45, 7) is 5.21. The van der Waals surface area contributed by atoms with Crippen molar-refractivity contribution in [3.63, 3.8) is 0 Å². The van der Waals surface area contributed by atoms with Gasteiger partial charge in [0.05, 0.1) is 0 Å². The van der Waals surface area contributed by atoms with Gasteiger partial charge in [0, 0.05) is 16.5 Å². The maximum absolute atomic E-state index is 6.14. The zero-order valence-corrected chi connectivity index (χ0v) is 13.0. The second-order valence-electron chi connectivity index (χ2n) is 4.57. The molecule has 1 atom stereocenters. The van der Waals surface area contributed by atoms with Gasteiger partial charge >= 0.3 is 0 Å². The van der Waals surface area contributed by atoms with Crippen LogP contribution in [0, 0.1) is 0 Å². The summed E-state index contributed by atoms with van der Waals surface area (Å²) in [4.78, 5) is 1.15. The summed E-state index contributed by atoms with van der Waals surface area (Å²) in [7, 11) is 0. The van der Waals surface area contributed by atoms with Gasteiger partial charge in [-0.25, -0.2) is 0 Å². The molecule has 0 spiro atoms. The number of ether oxygens (including phenoxy) is 1. The fourth-order valence-corrected chi connectivity index (χ4v) is 2.69. The molecule has 2 nitrogen and oxygen atoms in total. The summed E-state index contributed by atoms with van der Waals surface area (Å²) in [5, 5.41) is 3.43. The lowest BCUT2D eigenvalue weighted by Crippen LogP contribution is -2.18. The topological polar surface area (TPSA) is 21.3 Å². The van der Waals surface area contributed by atoms with Gasteiger partial charge < -0.3 is 10.1 Å². The van der Waals surface area contributed by atoms with Crippen LogP contribution in [0.25, 0.3) is 0 Å². The Morgan fingerprint density at radius 3 is 2.40 bits per heavy atom. The summed E-state index contributed by atoms with van der Waals surface area (Å²) >= 11 is 1.70. The first kappa shape index (κ1) is 14.9. The van der Waals surface area contributed by atoms with Crippen molar-refractivity contribution in [2.75, 3.05) is 12.8 Å². The summed E-state index contributed by atoms with van der Waals surface area (Å²) in [5.74, 6) is 1.83. The van der Waals surface area contributed by atoms with E-state index in [0.717, 1.165) is 22.9 Å². The third kappa shape index (κ3) is 3.56. The van der Waals surface area contributed by atoms with E-state index in [-0.39, 0.29) is 6.04 Å². The van der Waals surface area contributed by atoms with E-state index in [1.807, 2.05) is 30.3 Å². The maximum atomic E-state index is 6.14. The van der Waals surface area contributed by atoms with Crippen molar-refractivity contribution in [1.29, 1.82) is 0 Å². The zero-order chi connectivity index (χ0) is 14.4. The molecule has 3 heteroatoms. The number of hydrogen-bond acceptors (Lipinski definition) is 3. The predicted molar refractivity (Wildman–Crippen MR) is 86.8 cm³/mol. The summed E-state index contributed by atoms with van der Waals surface area (Å²) in [6.07, 6.45) is 2.06. The largest absolute Gasteiger partial charge is 0.456 e. The van der Waals surface area contributed by atoms with Gasteiger partial charge in [-0.2, -0.15) is 0 Å². The molecule has 0 saturated heterocycles. The molecule has 0 bridgehead atoms. The monoisotopic (exact) mass is 287 g/mol. The van der Waals surface area contributed by atoms with E-state index in [1.165, 1.54) is 5.56 Å². The summed E-state index contributed by atoms with van der Waals surface area (Å²) in [6, 6.07) is 16.6. The molecule has 0 aliphatic carbocycles. The van der Waals surface area contributed by atoms with Crippen molar-refractivity contribution in [1.82, 2.24) is 5.32 Å². The van der Waals surface area contributed by atoms with Crippen LogP contribution in [0.3, 0.4) is 0 Å². The molecule has 0 heterocycles. The van der Waals surface area contributed by atoms with Crippen LogP contribution in [-0.4, -0.2) is 12.8 Å². The van der Waals surface area contributed by atoms with Gasteiger partial charge in [0.1, 0.15) is 11.5 Å². The highest BCUT2D eigenvalue weighted by Gasteiger charge is 2.12. The minimum atomic E-state index is 0.276. The average Bonchev–Trinajstić information content (AvgIpc) is 2.48. The maximum Gasteiger partial charge on any atom is 0.140 e. The molecule has 2 rings (SSSR count). The fourth-order valence-electron chi connectivity index (χ4n) is 2.17. The Bertz CT molecular complexity index is 556. The molecule has 0 fully saturated rings. The summed E-state index contributed by atoms with van der Waals surface area (Å²) in [5.41, 5.74) is 1.19. The van der Waals surface area contributed by atoms with Crippen molar-refractivity contribution in [2.24, 2.45) is 0 Å². The molecule has 0 aliphatic heterocycles. The Kier molecular flexibility index (Phi) is 5.50. The number of para-hydroxylation sites is 2. The van der Waals surface area contributed by atoms with E-state index in [2.05, 4.69) is 43.6 Å². The first-order valence-corrected chi connectivity index (χ1v) is 8.12. The lowest BCUT2D eigenvalue weighted by atomic mass is 10.1. The van der Waals surface area contributed by atoms with Crippen LogP contribution in [0.1, 0.15) is 25.5 Å². The number of rotatable bonds is 6. The van der Waals surface area contributed by atoms with Crippen LogP contribution in [0.15, 0.2) is 53.4 Å². The number of benzene rings is 2. The lowest BCUT2D eigenvalue weighted by Gasteiger charge is -2.18. The average molecular weight is 287 g/mol. The lowest BCUT2D eigenvalue weighted by molar-refractivity contribution is 0.453. The molecule has 0 saturated carbocycles. The third-order valence-electron chi connectivity index (χ3n) is 3.18.